The molecule has 2 N–H and O–H groups in total. The third-order valence-electron chi connectivity index (χ3n) is 1.70. The van der Waals surface area contributed by atoms with Crippen molar-refractivity contribution in [3.05, 3.63) is 11.8 Å². The van der Waals surface area contributed by atoms with E-state index in [1.165, 1.54) is 0 Å². The Morgan fingerprint density at radius 1 is 1.54 bits per heavy atom. The van der Waals surface area contributed by atoms with Gasteiger partial charge in [0.2, 0.25) is 11.8 Å². The van der Waals surface area contributed by atoms with E-state index in [1.54, 1.807) is 6.92 Å². The van der Waals surface area contributed by atoms with Crippen LogP contribution in [0, 0.1) is 6.92 Å². The fraction of sp³-hybridized carbons (Fsp3) is 0.750. The summed E-state index contributed by atoms with van der Waals surface area (Å²) >= 11 is 0. The molecule has 0 bridgehead atoms. The Hall–Kier alpha value is -0.940. The van der Waals surface area contributed by atoms with Crippen LogP contribution in [0.4, 0.5) is 0 Å². The van der Waals surface area contributed by atoms with E-state index >= 15 is 0 Å². The Morgan fingerprint density at radius 2 is 2.31 bits per heavy atom. The Morgan fingerprint density at radius 3 is 2.85 bits per heavy atom. The smallest absolute Gasteiger partial charge is 0.230 e. The van der Waals surface area contributed by atoms with Crippen molar-refractivity contribution in [3.63, 3.8) is 0 Å². The van der Waals surface area contributed by atoms with Crippen molar-refractivity contribution in [3.8, 4) is 0 Å². The summed E-state index contributed by atoms with van der Waals surface area (Å²) in [7, 11) is 0. The predicted octanol–water partition coefficient (Wildman–Crippen LogP) is 0.239. The number of aromatic nitrogens is 2. The molecule has 0 aliphatic rings. The molecular weight excluding hydrogens is 170 g/mol. The van der Waals surface area contributed by atoms with Gasteiger partial charge >= 0.3 is 0 Å². The van der Waals surface area contributed by atoms with Crippen molar-refractivity contribution >= 4 is 0 Å². The summed E-state index contributed by atoms with van der Waals surface area (Å²) in [4.78, 5) is 0. The van der Waals surface area contributed by atoms with Crippen LogP contribution in [0.2, 0.25) is 0 Å². The molecule has 1 unspecified atom stereocenters. The highest BCUT2D eigenvalue weighted by molar-refractivity contribution is 4.78. The summed E-state index contributed by atoms with van der Waals surface area (Å²) in [5.41, 5.74) is 0. The molecule has 1 heterocycles. The minimum absolute atomic E-state index is 0.302. The summed E-state index contributed by atoms with van der Waals surface area (Å²) in [6.07, 6.45) is 0.444. The highest BCUT2D eigenvalue weighted by Gasteiger charge is 2.03. The van der Waals surface area contributed by atoms with Crippen LogP contribution >= 0.6 is 0 Å². The number of aryl methyl sites for hydroxylation is 1. The van der Waals surface area contributed by atoms with Gasteiger partial charge in [0.15, 0.2) is 0 Å². The van der Waals surface area contributed by atoms with Gasteiger partial charge in [-0.1, -0.05) is 6.92 Å². The predicted molar refractivity (Wildman–Crippen MR) is 47.0 cm³/mol. The van der Waals surface area contributed by atoms with E-state index in [0.717, 1.165) is 6.42 Å². The molecule has 0 saturated heterocycles. The Balaban J connectivity index is 2.20. The summed E-state index contributed by atoms with van der Waals surface area (Å²) in [6, 6.07) is 0. The second kappa shape index (κ2) is 4.94. The first-order valence-electron chi connectivity index (χ1n) is 4.40. The van der Waals surface area contributed by atoms with Gasteiger partial charge in [0, 0.05) is 13.5 Å². The van der Waals surface area contributed by atoms with Crippen molar-refractivity contribution in [2.45, 2.75) is 32.9 Å². The molecule has 0 aliphatic carbocycles. The number of hydrogen-bond donors (Lipinski definition) is 2. The highest BCUT2D eigenvalue weighted by Crippen LogP contribution is 1.96. The van der Waals surface area contributed by atoms with Gasteiger partial charge in [-0.05, 0) is 6.42 Å². The monoisotopic (exact) mass is 185 g/mol. The topological polar surface area (TPSA) is 71.2 Å². The fourth-order valence-corrected chi connectivity index (χ4v) is 0.899. The van der Waals surface area contributed by atoms with Gasteiger partial charge in [-0.2, -0.15) is 0 Å². The van der Waals surface area contributed by atoms with Crippen molar-refractivity contribution in [2.24, 2.45) is 0 Å². The minimum atomic E-state index is -0.302. The first-order chi connectivity index (χ1) is 6.22. The van der Waals surface area contributed by atoms with Gasteiger partial charge in [-0.15, -0.1) is 10.2 Å². The largest absolute Gasteiger partial charge is 0.424 e. The number of nitrogens with zero attached hydrogens (tertiary/aromatic N) is 2. The lowest BCUT2D eigenvalue weighted by atomic mass is 10.3. The number of hydrogen-bond acceptors (Lipinski definition) is 5. The fourth-order valence-electron chi connectivity index (χ4n) is 0.899. The van der Waals surface area contributed by atoms with Crippen molar-refractivity contribution in [2.75, 3.05) is 6.54 Å². The van der Waals surface area contributed by atoms with Crippen LogP contribution < -0.4 is 5.32 Å². The van der Waals surface area contributed by atoms with Crippen LogP contribution in [-0.4, -0.2) is 28.0 Å². The minimum Gasteiger partial charge on any atom is -0.424 e. The summed E-state index contributed by atoms with van der Waals surface area (Å²) in [5.74, 6) is 1.12. The average Bonchev–Trinajstić information content (AvgIpc) is 2.51. The maximum absolute atomic E-state index is 9.21. The molecule has 0 radical (unpaired) electrons. The van der Waals surface area contributed by atoms with Crippen LogP contribution in [0.15, 0.2) is 4.42 Å². The lowest BCUT2D eigenvalue weighted by Gasteiger charge is -2.06. The van der Waals surface area contributed by atoms with E-state index < -0.39 is 0 Å². The van der Waals surface area contributed by atoms with Crippen molar-refractivity contribution < 1.29 is 9.52 Å². The number of nitrogens with one attached hydrogen (secondary N) is 1. The first kappa shape index (κ1) is 10.1. The Bertz CT molecular complexity index is 249. The van der Waals surface area contributed by atoms with Crippen molar-refractivity contribution in [1.29, 1.82) is 0 Å². The standard InChI is InChI=1S/C8H15N3O2/c1-3-7(12)4-9-5-8-11-10-6(2)13-8/h7,9,12H,3-5H2,1-2H3. The molecule has 0 saturated carbocycles. The Labute approximate surface area is 77.2 Å². The van der Waals surface area contributed by atoms with Crippen LogP contribution in [-0.2, 0) is 6.54 Å². The molecule has 5 heteroatoms. The second-order valence-electron chi connectivity index (χ2n) is 2.91. The zero-order valence-electron chi connectivity index (χ0n) is 7.95. The molecule has 5 nitrogen and oxygen atoms in total. The quantitative estimate of drug-likeness (QED) is 0.687. The zero-order chi connectivity index (χ0) is 9.68. The Kier molecular flexibility index (Phi) is 3.85. The van der Waals surface area contributed by atoms with Crippen LogP contribution in [0.1, 0.15) is 25.1 Å². The maximum atomic E-state index is 9.21. The van der Waals surface area contributed by atoms with Crippen molar-refractivity contribution in [1.82, 2.24) is 15.5 Å². The third-order valence-corrected chi connectivity index (χ3v) is 1.70. The molecule has 1 aromatic heterocycles. The van der Waals surface area contributed by atoms with Gasteiger partial charge in [0.05, 0.1) is 12.6 Å². The molecule has 0 amide bonds. The summed E-state index contributed by atoms with van der Waals surface area (Å²) in [6.45, 7) is 4.75. The molecular formula is C8H15N3O2. The van der Waals surface area contributed by atoms with Crippen LogP contribution in [0.5, 0.6) is 0 Å². The molecule has 74 valence electrons. The van der Waals surface area contributed by atoms with E-state index in [-0.39, 0.29) is 6.10 Å². The normalized spacial score (nSPS) is 13.2. The lowest BCUT2D eigenvalue weighted by molar-refractivity contribution is 0.166. The highest BCUT2D eigenvalue weighted by atomic mass is 16.4. The molecule has 1 aromatic rings. The molecule has 1 rings (SSSR count). The maximum Gasteiger partial charge on any atom is 0.230 e. The first-order valence-corrected chi connectivity index (χ1v) is 4.40. The van der Waals surface area contributed by atoms with Gasteiger partial charge in [0.25, 0.3) is 0 Å². The number of aliphatic hydroxyl groups excluding tert-OH is 1. The molecule has 0 fully saturated rings. The lowest BCUT2D eigenvalue weighted by Crippen LogP contribution is -2.25. The van der Waals surface area contributed by atoms with E-state index in [9.17, 15) is 5.11 Å². The van der Waals surface area contributed by atoms with E-state index in [1.807, 2.05) is 6.92 Å². The SMILES string of the molecule is CCC(O)CNCc1nnc(C)o1. The third kappa shape index (κ3) is 3.52. The summed E-state index contributed by atoms with van der Waals surface area (Å²) < 4.78 is 5.13. The van der Waals surface area contributed by atoms with Gasteiger partial charge < -0.3 is 14.8 Å². The molecule has 0 aliphatic heterocycles. The molecule has 13 heavy (non-hydrogen) atoms. The number of aliphatic hydroxyl groups is 1. The zero-order valence-corrected chi connectivity index (χ0v) is 7.95. The molecule has 0 aromatic carbocycles. The average molecular weight is 185 g/mol. The van der Waals surface area contributed by atoms with E-state index in [4.69, 9.17) is 4.42 Å². The molecule has 0 spiro atoms. The number of rotatable bonds is 5. The van der Waals surface area contributed by atoms with E-state index in [0.29, 0.717) is 24.9 Å². The van der Waals surface area contributed by atoms with Gasteiger partial charge in [0.1, 0.15) is 0 Å². The van der Waals surface area contributed by atoms with Crippen LogP contribution in [0.25, 0.3) is 0 Å². The van der Waals surface area contributed by atoms with E-state index in [2.05, 4.69) is 15.5 Å². The van der Waals surface area contributed by atoms with Gasteiger partial charge in [-0.25, -0.2) is 0 Å². The van der Waals surface area contributed by atoms with Gasteiger partial charge in [-0.3, -0.25) is 0 Å². The molecule has 1 atom stereocenters. The summed E-state index contributed by atoms with van der Waals surface area (Å²) in [5, 5.41) is 19.7. The van der Waals surface area contributed by atoms with Crippen LogP contribution in [0.3, 0.4) is 0 Å². The second-order valence-corrected chi connectivity index (χ2v) is 2.91.